The van der Waals surface area contributed by atoms with Crippen molar-refractivity contribution in [2.24, 2.45) is 5.73 Å². The SMILES string of the molecule is Cc1cnc(C(N)c2occc2Br)cn1. The largest absolute Gasteiger partial charge is 0.466 e. The highest BCUT2D eigenvalue weighted by Crippen LogP contribution is 2.26. The highest BCUT2D eigenvalue weighted by Gasteiger charge is 2.16. The van der Waals surface area contributed by atoms with Gasteiger partial charge in [-0.05, 0) is 28.9 Å². The molecule has 0 amide bonds. The molecular weight excluding hydrogens is 258 g/mol. The molecule has 0 radical (unpaired) electrons. The van der Waals surface area contributed by atoms with E-state index in [1.807, 2.05) is 6.92 Å². The van der Waals surface area contributed by atoms with Gasteiger partial charge in [0.2, 0.25) is 0 Å². The van der Waals surface area contributed by atoms with Crippen LogP contribution >= 0.6 is 15.9 Å². The van der Waals surface area contributed by atoms with Gasteiger partial charge in [0.25, 0.3) is 0 Å². The molecule has 2 N–H and O–H groups in total. The average Bonchev–Trinajstić information content (AvgIpc) is 2.65. The minimum atomic E-state index is -0.387. The van der Waals surface area contributed by atoms with Crippen molar-refractivity contribution in [3.8, 4) is 0 Å². The lowest BCUT2D eigenvalue weighted by Crippen LogP contribution is -2.13. The Morgan fingerprint density at radius 3 is 2.73 bits per heavy atom. The Morgan fingerprint density at radius 1 is 1.40 bits per heavy atom. The van der Waals surface area contributed by atoms with Crippen LogP contribution in [0.3, 0.4) is 0 Å². The van der Waals surface area contributed by atoms with Gasteiger partial charge in [-0.25, -0.2) is 0 Å². The summed E-state index contributed by atoms with van der Waals surface area (Å²) in [6.07, 6.45) is 4.93. The third kappa shape index (κ3) is 2.08. The van der Waals surface area contributed by atoms with Crippen LogP contribution in [0, 0.1) is 6.92 Å². The first-order valence-corrected chi connectivity index (χ1v) is 5.25. The number of aromatic nitrogens is 2. The van der Waals surface area contributed by atoms with E-state index in [-0.39, 0.29) is 6.04 Å². The monoisotopic (exact) mass is 267 g/mol. The van der Waals surface area contributed by atoms with Crippen LogP contribution in [0.2, 0.25) is 0 Å². The maximum Gasteiger partial charge on any atom is 0.140 e. The lowest BCUT2D eigenvalue weighted by molar-refractivity contribution is 0.483. The zero-order chi connectivity index (χ0) is 10.8. The van der Waals surface area contributed by atoms with E-state index in [2.05, 4.69) is 25.9 Å². The van der Waals surface area contributed by atoms with Crippen LogP contribution < -0.4 is 5.73 Å². The summed E-state index contributed by atoms with van der Waals surface area (Å²) < 4.78 is 6.12. The Morgan fingerprint density at radius 2 is 2.20 bits per heavy atom. The number of nitrogens with zero attached hydrogens (tertiary/aromatic N) is 2. The highest BCUT2D eigenvalue weighted by molar-refractivity contribution is 9.10. The Labute approximate surface area is 95.7 Å². The molecule has 2 rings (SSSR count). The van der Waals surface area contributed by atoms with E-state index in [0.29, 0.717) is 11.5 Å². The van der Waals surface area contributed by atoms with Crippen molar-refractivity contribution in [3.05, 3.63) is 46.3 Å². The van der Waals surface area contributed by atoms with Crippen molar-refractivity contribution in [1.82, 2.24) is 9.97 Å². The van der Waals surface area contributed by atoms with Gasteiger partial charge in [0, 0.05) is 6.20 Å². The maximum atomic E-state index is 5.99. The number of furan rings is 1. The van der Waals surface area contributed by atoms with Gasteiger partial charge in [0.05, 0.1) is 28.3 Å². The van der Waals surface area contributed by atoms with Gasteiger partial charge in [-0.3, -0.25) is 9.97 Å². The number of nitrogens with two attached hydrogens (primary N) is 1. The Bertz CT molecular complexity index is 452. The normalized spacial score (nSPS) is 12.7. The molecule has 2 aromatic rings. The zero-order valence-corrected chi connectivity index (χ0v) is 9.73. The lowest BCUT2D eigenvalue weighted by atomic mass is 10.2. The maximum absolute atomic E-state index is 5.99. The molecule has 0 bridgehead atoms. The molecule has 78 valence electrons. The molecule has 0 saturated heterocycles. The Hall–Kier alpha value is -1.20. The summed E-state index contributed by atoms with van der Waals surface area (Å²) in [5.41, 5.74) is 7.54. The van der Waals surface area contributed by atoms with E-state index in [1.54, 1.807) is 24.7 Å². The first-order chi connectivity index (χ1) is 7.18. The second kappa shape index (κ2) is 4.12. The minimum absolute atomic E-state index is 0.387. The molecule has 2 aromatic heterocycles. The molecular formula is C10H10BrN3O. The first kappa shape index (κ1) is 10.3. The van der Waals surface area contributed by atoms with Crippen molar-refractivity contribution in [3.63, 3.8) is 0 Å². The topological polar surface area (TPSA) is 64.9 Å². The summed E-state index contributed by atoms with van der Waals surface area (Å²) in [6.45, 7) is 1.88. The van der Waals surface area contributed by atoms with Crippen molar-refractivity contribution in [2.75, 3.05) is 0 Å². The third-order valence-electron chi connectivity index (χ3n) is 2.05. The van der Waals surface area contributed by atoms with E-state index >= 15 is 0 Å². The van der Waals surface area contributed by atoms with Crippen LogP contribution in [0.5, 0.6) is 0 Å². The second-order valence-corrected chi connectivity index (χ2v) is 4.05. The Kier molecular flexibility index (Phi) is 2.83. The van der Waals surface area contributed by atoms with Crippen molar-refractivity contribution >= 4 is 15.9 Å². The standard InChI is InChI=1S/C10H10BrN3O/c1-6-4-14-8(5-13-6)9(12)10-7(11)2-3-15-10/h2-5,9H,12H2,1H3. The van der Waals surface area contributed by atoms with Gasteiger partial charge in [-0.2, -0.15) is 0 Å². The highest BCUT2D eigenvalue weighted by atomic mass is 79.9. The van der Waals surface area contributed by atoms with Gasteiger partial charge in [0.1, 0.15) is 11.8 Å². The Balaban J connectivity index is 2.32. The molecule has 1 atom stereocenters. The summed E-state index contributed by atoms with van der Waals surface area (Å²) in [5.74, 6) is 0.660. The van der Waals surface area contributed by atoms with Gasteiger partial charge in [-0.1, -0.05) is 0 Å². The molecule has 4 nitrogen and oxygen atoms in total. The summed E-state index contributed by atoms with van der Waals surface area (Å²) in [6, 6.07) is 1.42. The van der Waals surface area contributed by atoms with Crippen molar-refractivity contribution < 1.29 is 4.42 Å². The van der Waals surface area contributed by atoms with Gasteiger partial charge < -0.3 is 10.2 Å². The van der Waals surface area contributed by atoms with Crippen LogP contribution in [0.4, 0.5) is 0 Å². The molecule has 0 aliphatic rings. The van der Waals surface area contributed by atoms with Crippen LogP contribution in [-0.2, 0) is 0 Å². The van der Waals surface area contributed by atoms with Crippen molar-refractivity contribution in [1.29, 1.82) is 0 Å². The summed E-state index contributed by atoms with van der Waals surface area (Å²) >= 11 is 3.36. The molecule has 2 heterocycles. The summed E-state index contributed by atoms with van der Waals surface area (Å²) in [4.78, 5) is 8.35. The molecule has 0 spiro atoms. The number of rotatable bonds is 2. The van der Waals surface area contributed by atoms with E-state index < -0.39 is 0 Å². The van der Waals surface area contributed by atoms with E-state index in [0.717, 1.165) is 10.2 Å². The molecule has 5 heteroatoms. The fourth-order valence-electron chi connectivity index (χ4n) is 1.22. The van der Waals surface area contributed by atoms with E-state index in [4.69, 9.17) is 10.2 Å². The zero-order valence-electron chi connectivity index (χ0n) is 8.14. The number of aryl methyl sites for hydroxylation is 1. The second-order valence-electron chi connectivity index (χ2n) is 3.19. The van der Waals surface area contributed by atoms with Gasteiger partial charge in [0.15, 0.2) is 0 Å². The van der Waals surface area contributed by atoms with Crippen molar-refractivity contribution in [2.45, 2.75) is 13.0 Å². The smallest absolute Gasteiger partial charge is 0.140 e. The van der Waals surface area contributed by atoms with Gasteiger partial charge >= 0.3 is 0 Å². The average molecular weight is 268 g/mol. The summed E-state index contributed by atoms with van der Waals surface area (Å²) in [5, 5.41) is 0. The quantitative estimate of drug-likeness (QED) is 0.906. The molecule has 0 aliphatic carbocycles. The molecule has 15 heavy (non-hydrogen) atoms. The lowest BCUT2D eigenvalue weighted by Gasteiger charge is -2.08. The first-order valence-electron chi connectivity index (χ1n) is 4.45. The minimum Gasteiger partial charge on any atom is -0.466 e. The number of hydrogen-bond donors (Lipinski definition) is 1. The van der Waals surface area contributed by atoms with E-state index in [1.165, 1.54) is 0 Å². The number of hydrogen-bond acceptors (Lipinski definition) is 4. The van der Waals surface area contributed by atoms with Crippen LogP contribution in [0.1, 0.15) is 23.2 Å². The predicted octanol–water partition coefficient (Wildman–Crippen LogP) is 2.19. The molecule has 0 aromatic carbocycles. The molecule has 1 unspecified atom stereocenters. The van der Waals surface area contributed by atoms with Crippen LogP contribution in [-0.4, -0.2) is 9.97 Å². The molecule has 0 fully saturated rings. The van der Waals surface area contributed by atoms with Gasteiger partial charge in [-0.15, -0.1) is 0 Å². The van der Waals surface area contributed by atoms with Crippen LogP contribution in [0.15, 0.2) is 33.6 Å². The predicted molar refractivity (Wildman–Crippen MR) is 59.2 cm³/mol. The molecule has 0 aliphatic heterocycles. The number of halogens is 1. The molecule has 0 saturated carbocycles. The van der Waals surface area contributed by atoms with E-state index in [9.17, 15) is 0 Å². The fraction of sp³-hybridized carbons (Fsp3) is 0.200. The van der Waals surface area contributed by atoms with Crippen LogP contribution in [0.25, 0.3) is 0 Å². The summed E-state index contributed by atoms with van der Waals surface area (Å²) in [7, 11) is 0. The third-order valence-corrected chi connectivity index (χ3v) is 2.70. The fourth-order valence-corrected chi connectivity index (χ4v) is 1.67.